The Hall–Kier alpha value is -1.09. The highest BCUT2D eigenvalue weighted by Gasteiger charge is 2.40. The van der Waals surface area contributed by atoms with Gasteiger partial charge < -0.3 is 5.11 Å². The van der Waals surface area contributed by atoms with Crippen molar-refractivity contribution in [3.05, 3.63) is 29.6 Å². The summed E-state index contributed by atoms with van der Waals surface area (Å²) in [5.41, 5.74) is 0.846. The summed E-state index contributed by atoms with van der Waals surface area (Å²) in [6.45, 7) is 3.23. The van der Waals surface area contributed by atoms with Crippen molar-refractivity contribution in [2.24, 2.45) is 5.92 Å². The Labute approximate surface area is 101 Å². The normalized spacial score (nSPS) is 29.8. The second-order valence-electron chi connectivity index (χ2n) is 5.41. The second-order valence-corrected chi connectivity index (χ2v) is 5.41. The van der Waals surface area contributed by atoms with Gasteiger partial charge in [0.1, 0.15) is 11.6 Å². The number of fused-ring (bicyclic) bond motifs is 2. The van der Waals surface area contributed by atoms with Crippen molar-refractivity contribution >= 4 is 0 Å². The number of phenols is 1. The predicted octanol–water partition coefficient (Wildman–Crippen LogP) is 3.08. The van der Waals surface area contributed by atoms with Crippen LogP contribution < -0.4 is 0 Å². The lowest BCUT2D eigenvalue weighted by Crippen LogP contribution is -2.34. The van der Waals surface area contributed by atoms with Gasteiger partial charge in [0.05, 0.1) is 0 Å². The molecule has 3 atom stereocenters. The zero-order valence-electron chi connectivity index (χ0n) is 10.1. The lowest BCUT2D eigenvalue weighted by atomic mass is 10.0. The van der Waals surface area contributed by atoms with Crippen LogP contribution in [0.3, 0.4) is 0 Å². The van der Waals surface area contributed by atoms with Crippen molar-refractivity contribution in [1.29, 1.82) is 0 Å². The monoisotopic (exact) mass is 235 g/mol. The average molecular weight is 235 g/mol. The maximum Gasteiger partial charge on any atom is 0.126 e. The van der Waals surface area contributed by atoms with Crippen LogP contribution in [0.2, 0.25) is 0 Å². The summed E-state index contributed by atoms with van der Waals surface area (Å²) in [6, 6.07) is 5.20. The number of rotatable bonds is 2. The molecule has 2 fully saturated rings. The van der Waals surface area contributed by atoms with Crippen LogP contribution in [0.15, 0.2) is 18.2 Å². The number of aromatic hydroxyl groups is 1. The van der Waals surface area contributed by atoms with E-state index in [-0.39, 0.29) is 17.6 Å². The largest absolute Gasteiger partial charge is 0.508 e. The van der Waals surface area contributed by atoms with Gasteiger partial charge in [-0.3, -0.25) is 4.90 Å². The number of hydrogen-bond donors (Lipinski definition) is 1. The number of nitrogens with zero attached hydrogens (tertiary/aromatic N) is 1. The molecule has 1 aromatic rings. The van der Waals surface area contributed by atoms with Gasteiger partial charge in [-0.2, -0.15) is 0 Å². The van der Waals surface area contributed by atoms with Crippen LogP contribution in [-0.2, 0) is 0 Å². The SMILES string of the molecule is CC(c1ccc(F)cc1O)N1CC2CCC1C2. The summed E-state index contributed by atoms with van der Waals surface area (Å²) in [5.74, 6) is 0.548. The fourth-order valence-corrected chi connectivity index (χ4v) is 3.49. The Morgan fingerprint density at radius 2 is 2.24 bits per heavy atom. The van der Waals surface area contributed by atoms with E-state index in [4.69, 9.17) is 0 Å². The maximum atomic E-state index is 13.0. The Bertz CT molecular complexity index is 434. The summed E-state index contributed by atoms with van der Waals surface area (Å²) in [5, 5.41) is 9.83. The lowest BCUT2D eigenvalue weighted by molar-refractivity contribution is 0.158. The van der Waals surface area contributed by atoms with Crippen molar-refractivity contribution in [2.75, 3.05) is 6.54 Å². The summed E-state index contributed by atoms with van der Waals surface area (Å²) in [4.78, 5) is 2.46. The van der Waals surface area contributed by atoms with Crippen molar-refractivity contribution in [2.45, 2.75) is 38.3 Å². The van der Waals surface area contributed by atoms with Gasteiger partial charge in [-0.1, -0.05) is 6.07 Å². The zero-order valence-corrected chi connectivity index (χ0v) is 10.1. The molecule has 1 aliphatic carbocycles. The fraction of sp³-hybridized carbons (Fsp3) is 0.571. The van der Waals surface area contributed by atoms with Crippen LogP contribution in [0, 0.1) is 11.7 Å². The van der Waals surface area contributed by atoms with Gasteiger partial charge in [0.15, 0.2) is 0 Å². The highest BCUT2D eigenvalue weighted by Crippen LogP contribution is 2.43. The fourth-order valence-electron chi connectivity index (χ4n) is 3.49. The molecule has 2 bridgehead atoms. The van der Waals surface area contributed by atoms with Crippen molar-refractivity contribution in [1.82, 2.24) is 4.90 Å². The van der Waals surface area contributed by atoms with Gasteiger partial charge in [0, 0.05) is 30.3 Å². The molecule has 1 aliphatic heterocycles. The van der Waals surface area contributed by atoms with Gasteiger partial charge in [-0.05, 0) is 38.2 Å². The summed E-state index contributed by atoms with van der Waals surface area (Å²) < 4.78 is 13.0. The number of halogens is 1. The molecular weight excluding hydrogens is 217 g/mol. The number of phenolic OH excluding ortho intramolecular Hbond substituents is 1. The van der Waals surface area contributed by atoms with E-state index in [1.165, 1.54) is 31.4 Å². The standard InChI is InChI=1S/C14H18FNO/c1-9(13-5-3-11(15)7-14(13)17)16-8-10-2-4-12(16)6-10/h3,5,7,9-10,12,17H,2,4,6,8H2,1H3. The van der Waals surface area contributed by atoms with E-state index in [1.54, 1.807) is 6.07 Å². The Morgan fingerprint density at radius 1 is 1.41 bits per heavy atom. The molecule has 0 radical (unpaired) electrons. The first-order chi connectivity index (χ1) is 8.15. The Morgan fingerprint density at radius 3 is 2.82 bits per heavy atom. The highest BCUT2D eigenvalue weighted by molar-refractivity contribution is 5.35. The third kappa shape index (κ3) is 1.82. The van der Waals surface area contributed by atoms with Gasteiger partial charge >= 0.3 is 0 Å². The van der Waals surface area contributed by atoms with Crippen LogP contribution in [0.1, 0.15) is 37.8 Å². The summed E-state index contributed by atoms with van der Waals surface area (Å²) in [6.07, 6.45) is 3.92. The van der Waals surface area contributed by atoms with Crippen LogP contribution in [-0.4, -0.2) is 22.6 Å². The van der Waals surface area contributed by atoms with Crippen LogP contribution >= 0.6 is 0 Å². The number of likely N-dealkylation sites (tertiary alicyclic amines) is 1. The molecule has 0 amide bonds. The molecule has 92 valence electrons. The molecule has 1 N–H and O–H groups in total. The minimum atomic E-state index is -0.374. The molecule has 1 aromatic carbocycles. The Kier molecular flexibility index (Phi) is 2.58. The average Bonchev–Trinajstić information content (AvgIpc) is 2.89. The molecule has 0 spiro atoms. The van der Waals surface area contributed by atoms with Gasteiger partial charge in [-0.25, -0.2) is 4.39 Å². The second kappa shape index (κ2) is 3.98. The summed E-state index contributed by atoms with van der Waals surface area (Å²) in [7, 11) is 0. The molecule has 17 heavy (non-hydrogen) atoms. The molecule has 0 aromatic heterocycles. The highest BCUT2D eigenvalue weighted by atomic mass is 19.1. The van der Waals surface area contributed by atoms with E-state index in [9.17, 15) is 9.50 Å². The van der Waals surface area contributed by atoms with E-state index in [0.717, 1.165) is 18.0 Å². The first kappa shape index (κ1) is 11.0. The van der Waals surface area contributed by atoms with E-state index in [1.807, 2.05) is 0 Å². The molecule has 1 heterocycles. The smallest absolute Gasteiger partial charge is 0.126 e. The van der Waals surface area contributed by atoms with Gasteiger partial charge in [0.25, 0.3) is 0 Å². The lowest BCUT2D eigenvalue weighted by Gasteiger charge is -2.33. The van der Waals surface area contributed by atoms with Crippen molar-refractivity contribution < 1.29 is 9.50 Å². The molecular formula is C14H18FNO. The molecule has 2 nitrogen and oxygen atoms in total. The van der Waals surface area contributed by atoms with E-state index < -0.39 is 0 Å². The zero-order chi connectivity index (χ0) is 12.0. The van der Waals surface area contributed by atoms with Crippen molar-refractivity contribution in [3.8, 4) is 5.75 Å². The molecule has 3 heteroatoms. The molecule has 1 saturated carbocycles. The third-order valence-electron chi connectivity index (χ3n) is 4.39. The Balaban J connectivity index is 1.84. The minimum absolute atomic E-state index is 0.0836. The number of benzene rings is 1. The summed E-state index contributed by atoms with van der Waals surface area (Å²) >= 11 is 0. The number of piperidine rings is 1. The first-order valence-electron chi connectivity index (χ1n) is 6.39. The first-order valence-corrected chi connectivity index (χ1v) is 6.39. The topological polar surface area (TPSA) is 23.5 Å². The van der Waals surface area contributed by atoms with E-state index in [0.29, 0.717) is 6.04 Å². The third-order valence-corrected chi connectivity index (χ3v) is 4.39. The predicted molar refractivity (Wildman–Crippen MR) is 64.3 cm³/mol. The minimum Gasteiger partial charge on any atom is -0.508 e. The van der Waals surface area contributed by atoms with Gasteiger partial charge in [-0.15, -0.1) is 0 Å². The van der Waals surface area contributed by atoms with Crippen LogP contribution in [0.4, 0.5) is 4.39 Å². The van der Waals surface area contributed by atoms with E-state index in [2.05, 4.69) is 11.8 Å². The van der Waals surface area contributed by atoms with Crippen molar-refractivity contribution in [3.63, 3.8) is 0 Å². The van der Waals surface area contributed by atoms with Crippen LogP contribution in [0.5, 0.6) is 5.75 Å². The quantitative estimate of drug-likeness (QED) is 0.851. The maximum absolute atomic E-state index is 13.0. The molecule has 2 aliphatic rings. The molecule has 3 rings (SSSR count). The number of hydrogen-bond acceptors (Lipinski definition) is 2. The van der Waals surface area contributed by atoms with Gasteiger partial charge in [0.2, 0.25) is 0 Å². The van der Waals surface area contributed by atoms with Crippen LogP contribution in [0.25, 0.3) is 0 Å². The molecule has 3 unspecified atom stereocenters. The molecule has 1 saturated heterocycles. The van der Waals surface area contributed by atoms with E-state index >= 15 is 0 Å².